The first-order valence-electron chi connectivity index (χ1n) is 7.94. The van der Waals surface area contributed by atoms with Gasteiger partial charge in [0.25, 0.3) is 0 Å². The van der Waals surface area contributed by atoms with Crippen molar-refractivity contribution in [3.8, 4) is 0 Å². The molecule has 2 aliphatic rings. The van der Waals surface area contributed by atoms with Crippen molar-refractivity contribution in [3.05, 3.63) is 42.1 Å². The summed E-state index contributed by atoms with van der Waals surface area (Å²) in [7, 11) is 0. The molecule has 110 valence electrons. The van der Waals surface area contributed by atoms with Crippen molar-refractivity contribution in [2.75, 3.05) is 6.61 Å². The number of para-hydroxylation sites is 1. The number of nitrogens with zero attached hydrogens (tertiary/aromatic N) is 1. The SMILES string of the molecule is OC(c1ccc2ccccc2n1)C1CCOC2(CCC2)C1. The highest BCUT2D eigenvalue weighted by Gasteiger charge is 2.44. The average molecular weight is 283 g/mol. The highest BCUT2D eigenvalue weighted by atomic mass is 16.5. The Balaban J connectivity index is 1.58. The van der Waals surface area contributed by atoms with Crippen molar-refractivity contribution in [1.29, 1.82) is 0 Å². The standard InChI is InChI=1S/C18H21NO2/c20-17(14-8-11-21-18(12-14)9-3-10-18)16-7-6-13-4-1-2-5-15(13)19-16/h1-2,4-7,14,17,20H,3,8-12H2. The van der Waals surface area contributed by atoms with Crippen LogP contribution in [-0.4, -0.2) is 22.3 Å². The van der Waals surface area contributed by atoms with Gasteiger partial charge in [-0.3, -0.25) is 4.98 Å². The molecule has 2 aromatic rings. The van der Waals surface area contributed by atoms with Gasteiger partial charge in [0.05, 0.1) is 22.9 Å². The third-order valence-electron chi connectivity index (χ3n) is 5.17. The zero-order valence-electron chi connectivity index (χ0n) is 12.2. The highest BCUT2D eigenvalue weighted by molar-refractivity contribution is 5.78. The van der Waals surface area contributed by atoms with Crippen LogP contribution >= 0.6 is 0 Å². The van der Waals surface area contributed by atoms with E-state index in [0.29, 0.717) is 0 Å². The first-order valence-corrected chi connectivity index (χ1v) is 7.94. The van der Waals surface area contributed by atoms with Crippen LogP contribution in [0.2, 0.25) is 0 Å². The lowest BCUT2D eigenvalue weighted by molar-refractivity contribution is -0.157. The number of ether oxygens (including phenoxy) is 1. The maximum Gasteiger partial charge on any atom is 0.0989 e. The molecule has 2 heterocycles. The van der Waals surface area contributed by atoms with E-state index in [0.717, 1.165) is 48.9 Å². The predicted octanol–water partition coefficient (Wildman–Crippen LogP) is 3.62. The molecule has 1 aromatic carbocycles. The van der Waals surface area contributed by atoms with Gasteiger partial charge in [-0.15, -0.1) is 0 Å². The number of fused-ring (bicyclic) bond motifs is 1. The average Bonchev–Trinajstić information content (AvgIpc) is 2.52. The van der Waals surface area contributed by atoms with Gasteiger partial charge in [0, 0.05) is 12.0 Å². The number of aliphatic hydroxyl groups is 1. The van der Waals surface area contributed by atoms with Gasteiger partial charge >= 0.3 is 0 Å². The summed E-state index contributed by atoms with van der Waals surface area (Å²) < 4.78 is 5.96. The molecule has 0 radical (unpaired) electrons. The highest BCUT2D eigenvalue weighted by Crippen LogP contribution is 2.47. The topological polar surface area (TPSA) is 42.4 Å². The van der Waals surface area contributed by atoms with Crippen LogP contribution in [0, 0.1) is 5.92 Å². The Bertz CT molecular complexity index is 650. The van der Waals surface area contributed by atoms with E-state index in [2.05, 4.69) is 17.1 Å². The second kappa shape index (κ2) is 5.08. The maximum atomic E-state index is 10.7. The summed E-state index contributed by atoms with van der Waals surface area (Å²) in [4.78, 5) is 4.65. The third kappa shape index (κ3) is 2.34. The van der Waals surface area contributed by atoms with Gasteiger partial charge in [-0.2, -0.15) is 0 Å². The number of hydrogen-bond acceptors (Lipinski definition) is 3. The van der Waals surface area contributed by atoms with Crippen molar-refractivity contribution in [3.63, 3.8) is 0 Å². The molecule has 0 amide bonds. The number of aromatic nitrogens is 1. The lowest BCUT2D eigenvalue weighted by atomic mass is 9.70. The van der Waals surface area contributed by atoms with Crippen molar-refractivity contribution in [2.45, 2.75) is 43.8 Å². The molecule has 1 saturated heterocycles. The quantitative estimate of drug-likeness (QED) is 0.915. The van der Waals surface area contributed by atoms with Crippen LogP contribution in [0.4, 0.5) is 0 Å². The van der Waals surface area contributed by atoms with Crippen molar-refractivity contribution in [2.24, 2.45) is 5.92 Å². The monoisotopic (exact) mass is 283 g/mol. The smallest absolute Gasteiger partial charge is 0.0989 e. The van der Waals surface area contributed by atoms with Gasteiger partial charge in [-0.1, -0.05) is 24.3 Å². The minimum atomic E-state index is -0.476. The van der Waals surface area contributed by atoms with Crippen LogP contribution in [-0.2, 0) is 4.74 Å². The Hall–Kier alpha value is -1.45. The van der Waals surface area contributed by atoms with Gasteiger partial charge in [0.15, 0.2) is 0 Å². The molecule has 21 heavy (non-hydrogen) atoms. The van der Waals surface area contributed by atoms with E-state index in [9.17, 15) is 5.11 Å². The molecule has 4 rings (SSSR count). The van der Waals surface area contributed by atoms with E-state index in [1.807, 2.05) is 24.3 Å². The molecule has 2 fully saturated rings. The summed E-state index contributed by atoms with van der Waals surface area (Å²) in [5, 5.41) is 11.9. The first kappa shape index (κ1) is 13.2. The van der Waals surface area contributed by atoms with Gasteiger partial charge in [0.2, 0.25) is 0 Å². The fourth-order valence-electron chi connectivity index (χ4n) is 3.74. The fraction of sp³-hybridized carbons (Fsp3) is 0.500. The molecule has 1 aromatic heterocycles. The predicted molar refractivity (Wildman–Crippen MR) is 82.0 cm³/mol. The van der Waals surface area contributed by atoms with Crippen molar-refractivity contribution in [1.82, 2.24) is 4.98 Å². The van der Waals surface area contributed by atoms with E-state index in [4.69, 9.17) is 4.74 Å². The third-order valence-corrected chi connectivity index (χ3v) is 5.17. The zero-order valence-corrected chi connectivity index (χ0v) is 12.2. The maximum absolute atomic E-state index is 10.7. The minimum absolute atomic E-state index is 0.0702. The van der Waals surface area contributed by atoms with Gasteiger partial charge in [-0.05, 0) is 50.2 Å². The Labute approximate surface area is 125 Å². The molecule has 1 N–H and O–H groups in total. The zero-order chi connectivity index (χ0) is 14.3. The van der Waals surface area contributed by atoms with E-state index >= 15 is 0 Å². The van der Waals surface area contributed by atoms with Gasteiger partial charge in [-0.25, -0.2) is 0 Å². The van der Waals surface area contributed by atoms with Crippen LogP contribution in [0.3, 0.4) is 0 Å². The number of pyridine rings is 1. The normalized spacial score (nSPS) is 25.7. The van der Waals surface area contributed by atoms with Crippen LogP contribution in [0.25, 0.3) is 10.9 Å². The minimum Gasteiger partial charge on any atom is -0.387 e. The van der Waals surface area contributed by atoms with E-state index in [-0.39, 0.29) is 11.5 Å². The molecule has 3 nitrogen and oxygen atoms in total. The van der Waals surface area contributed by atoms with Crippen molar-refractivity contribution < 1.29 is 9.84 Å². The van der Waals surface area contributed by atoms with Crippen LogP contribution < -0.4 is 0 Å². The number of rotatable bonds is 2. The Morgan fingerprint density at radius 1 is 1.19 bits per heavy atom. The van der Waals surface area contributed by atoms with Gasteiger partial charge in [0.1, 0.15) is 0 Å². The number of hydrogen-bond donors (Lipinski definition) is 1. The molecule has 1 spiro atoms. The lowest BCUT2D eigenvalue weighted by Crippen LogP contribution is -2.46. The Morgan fingerprint density at radius 2 is 2.05 bits per heavy atom. The molecule has 0 bridgehead atoms. The molecule has 2 unspecified atom stereocenters. The summed E-state index contributed by atoms with van der Waals surface area (Å²) >= 11 is 0. The summed E-state index contributed by atoms with van der Waals surface area (Å²) in [6, 6.07) is 12.1. The molecule has 3 heteroatoms. The first-order chi connectivity index (χ1) is 10.3. The van der Waals surface area contributed by atoms with Gasteiger partial charge < -0.3 is 9.84 Å². The largest absolute Gasteiger partial charge is 0.387 e. The van der Waals surface area contributed by atoms with Crippen LogP contribution in [0.1, 0.15) is 43.9 Å². The summed E-state index contributed by atoms with van der Waals surface area (Å²) in [6.45, 7) is 0.773. The second-order valence-corrected chi connectivity index (χ2v) is 6.51. The van der Waals surface area contributed by atoms with Crippen molar-refractivity contribution >= 4 is 10.9 Å². The van der Waals surface area contributed by atoms with Crippen LogP contribution in [0.5, 0.6) is 0 Å². The number of aliphatic hydroxyl groups excluding tert-OH is 1. The lowest BCUT2D eigenvalue weighted by Gasteiger charge is -2.48. The molecule has 1 saturated carbocycles. The van der Waals surface area contributed by atoms with E-state index in [1.54, 1.807) is 0 Å². The summed E-state index contributed by atoms with van der Waals surface area (Å²) in [5.41, 5.74) is 1.83. The van der Waals surface area contributed by atoms with Crippen LogP contribution in [0.15, 0.2) is 36.4 Å². The molecule has 2 atom stereocenters. The molecular formula is C18H21NO2. The molecule has 1 aliphatic heterocycles. The number of benzene rings is 1. The van der Waals surface area contributed by atoms with E-state index < -0.39 is 6.10 Å². The summed E-state index contributed by atoms with van der Waals surface area (Å²) in [5.74, 6) is 0.271. The molecular weight excluding hydrogens is 262 g/mol. The summed E-state index contributed by atoms with van der Waals surface area (Å²) in [6.07, 6.45) is 5.00. The molecule has 1 aliphatic carbocycles. The second-order valence-electron chi connectivity index (χ2n) is 6.51. The Kier molecular flexibility index (Phi) is 3.20. The van der Waals surface area contributed by atoms with E-state index in [1.165, 1.54) is 6.42 Å². The fourth-order valence-corrected chi connectivity index (χ4v) is 3.74. The Morgan fingerprint density at radius 3 is 2.86 bits per heavy atom.